The standard InChI is InChI=1S/C20H19N/c1-21-14-18-8-4-5-9-19(18)20(21)13-15-10-11-16-6-2-3-7-17(16)12-15/h2-12,20H,13-14H2,1H3. The van der Waals surface area contributed by atoms with Crippen LogP contribution < -0.4 is 0 Å². The van der Waals surface area contributed by atoms with Crippen molar-refractivity contribution in [3.05, 3.63) is 83.4 Å². The number of nitrogens with zero attached hydrogens (tertiary/aromatic N) is 1. The fourth-order valence-electron chi connectivity index (χ4n) is 3.47. The topological polar surface area (TPSA) is 3.24 Å². The van der Waals surface area contributed by atoms with Crippen LogP contribution in [0.3, 0.4) is 0 Å². The molecule has 1 unspecified atom stereocenters. The van der Waals surface area contributed by atoms with Gasteiger partial charge in [-0.15, -0.1) is 0 Å². The van der Waals surface area contributed by atoms with E-state index < -0.39 is 0 Å². The van der Waals surface area contributed by atoms with E-state index in [-0.39, 0.29) is 0 Å². The summed E-state index contributed by atoms with van der Waals surface area (Å²) in [6, 6.07) is 24.8. The summed E-state index contributed by atoms with van der Waals surface area (Å²) in [5.74, 6) is 0. The molecule has 0 amide bonds. The van der Waals surface area contributed by atoms with Gasteiger partial charge in [0.1, 0.15) is 0 Å². The Labute approximate surface area is 125 Å². The van der Waals surface area contributed by atoms with Crippen molar-refractivity contribution in [2.75, 3.05) is 7.05 Å². The maximum atomic E-state index is 2.46. The molecule has 0 bridgehead atoms. The summed E-state index contributed by atoms with van der Waals surface area (Å²) >= 11 is 0. The fraction of sp³-hybridized carbons (Fsp3) is 0.200. The SMILES string of the molecule is CN1Cc2ccccc2C1Cc1ccc2ccccc2c1. The summed E-state index contributed by atoms with van der Waals surface area (Å²) in [5.41, 5.74) is 4.39. The quantitative estimate of drug-likeness (QED) is 0.661. The molecule has 0 saturated heterocycles. The van der Waals surface area contributed by atoms with Gasteiger partial charge in [0.25, 0.3) is 0 Å². The van der Waals surface area contributed by atoms with Crippen LogP contribution in [-0.4, -0.2) is 11.9 Å². The van der Waals surface area contributed by atoms with E-state index in [4.69, 9.17) is 0 Å². The van der Waals surface area contributed by atoms with E-state index in [1.807, 2.05) is 0 Å². The van der Waals surface area contributed by atoms with Crippen molar-refractivity contribution >= 4 is 10.8 Å². The average Bonchev–Trinajstić information content (AvgIpc) is 2.83. The highest BCUT2D eigenvalue weighted by molar-refractivity contribution is 5.83. The predicted octanol–water partition coefficient (Wildman–Crippen LogP) is 4.57. The monoisotopic (exact) mass is 273 g/mol. The van der Waals surface area contributed by atoms with E-state index in [2.05, 4.69) is 78.7 Å². The highest BCUT2D eigenvalue weighted by atomic mass is 15.1. The average molecular weight is 273 g/mol. The third kappa shape index (κ3) is 2.24. The molecule has 1 aliphatic heterocycles. The molecule has 1 heteroatoms. The van der Waals surface area contributed by atoms with Crippen LogP contribution in [0.2, 0.25) is 0 Å². The van der Waals surface area contributed by atoms with Gasteiger partial charge in [0.2, 0.25) is 0 Å². The molecule has 21 heavy (non-hydrogen) atoms. The van der Waals surface area contributed by atoms with Gasteiger partial charge in [-0.2, -0.15) is 0 Å². The Hall–Kier alpha value is -2.12. The van der Waals surface area contributed by atoms with Gasteiger partial charge in [-0.3, -0.25) is 4.90 Å². The van der Waals surface area contributed by atoms with E-state index >= 15 is 0 Å². The largest absolute Gasteiger partial charge is 0.295 e. The second-order valence-corrected chi connectivity index (χ2v) is 6.02. The Morgan fingerprint density at radius 2 is 1.67 bits per heavy atom. The lowest BCUT2D eigenvalue weighted by atomic mass is 9.97. The Bertz CT molecular complexity index is 790. The number of hydrogen-bond acceptors (Lipinski definition) is 1. The number of likely N-dealkylation sites (N-methyl/N-ethyl adjacent to an activating group) is 1. The molecule has 3 aromatic carbocycles. The maximum Gasteiger partial charge on any atom is 0.0392 e. The number of hydrogen-bond donors (Lipinski definition) is 0. The molecule has 1 atom stereocenters. The van der Waals surface area contributed by atoms with Crippen LogP contribution in [0.5, 0.6) is 0 Å². The first-order valence-corrected chi connectivity index (χ1v) is 7.57. The van der Waals surface area contributed by atoms with E-state index in [0.717, 1.165) is 13.0 Å². The Balaban J connectivity index is 1.68. The van der Waals surface area contributed by atoms with Crippen molar-refractivity contribution < 1.29 is 0 Å². The lowest BCUT2D eigenvalue weighted by Crippen LogP contribution is -2.18. The van der Waals surface area contributed by atoms with E-state index in [1.54, 1.807) is 0 Å². The van der Waals surface area contributed by atoms with Crippen LogP contribution in [0.4, 0.5) is 0 Å². The first kappa shape index (κ1) is 12.6. The van der Waals surface area contributed by atoms with E-state index in [0.29, 0.717) is 6.04 Å². The predicted molar refractivity (Wildman–Crippen MR) is 88.3 cm³/mol. The van der Waals surface area contributed by atoms with Gasteiger partial charge in [0, 0.05) is 12.6 Å². The lowest BCUT2D eigenvalue weighted by Gasteiger charge is -2.20. The molecule has 0 fully saturated rings. The van der Waals surface area contributed by atoms with Gasteiger partial charge in [-0.05, 0) is 40.9 Å². The normalized spacial score (nSPS) is 18.0. The molecule has 0 aliphatic carbocycles. The van der Waals surface area contributed by atoms with Crippen molar-refractivity contribution in [1.29, 1.82) is 0 Å². The van der Waals surface area contributed by atoms with Gasteiger partial charge in [0.15, 0.2) is 0 Å². The number of fused-ring (bicyclic) bond motifs is 2. The molecular weight excluding hydrogens is 254 g/mol. The summed E-state index contributed by atoms with van der Waals surface area (Å²) in [4.78, 5) is 2.46. The third-order valence-corrected chi connectivity index (χ3v) is 4.61. The van der Waals surface area contributed by atoms with Crippen molar-refractivity contribution in [1.82, 2.24) is 4.90 Å². The highest BCUT2D eigenvalue weighted by Gasteiger charge is 2.26. The highest BCUT2D eigenvalue weighted by Crippen LogP contribution is 2.34. The van der Waals surface area contributed by atoms with Crippen LogP contribution in [0.25, 0.3) is 10.8 Å². The number of rotatable bonds is 2. The summed E-state index contributed by atoms with van der Waals surface area (Å²) in [5, 5.41) is 2.66. The molecule has 0 spiro atoms. The molecule has 0 radical (unpaired) electrons. The van der Waals surface area contributed by atoms with Crippen LogP contribution in [0, 0.1) is 0 Å². The van der Waals surface area contributed by atoms with Crippen molar-refractivity contribution in [2.45, 2.75) is 19.0 Å². The molecule has 1 aliphatic rings. The minimum atomic E-state index is 0.502. The maximum absolute atomic E-state index is 2.46. The van der Waals surface area contributed by atoms with Gasteiger partial charge >= 0.3 is 0 Å². The Morgan fingerprint density at radius 1 is 0.905 bits per heavy atom. The van der Waals surface area contributed by atoms with Gasteiger partial charge in [-0.25, -0.2) is 0 Å². The number of benzene rings is 3. The first-order valence-electron chi connectivity index (χ1n) is 7.57. The second kappa shape index (κ2) is 5.01. The minimum Gasteiger partial charge on any atom is -0.295 e. The summed E-state index contributed by atoms with van der Waals surface area (Å²) in [7, 11) is 2.23. The fourth-order valence-corrected chi connectivity index (χ4v) is 3.47. The molecule has 104 valence electrons. The van der Waals surface area contributed by atoms with Crippen LogP contribution in [-0.2, 0) is 13.0 Å². The summed E-state index contributed by atoms with van der Waals surface area (Å²) in [6.45, 7) is 1.06. The van der Waals surface area contributed by atoms with Gasteiger partial charge in [-0.1, -0.05) is 66.7 Å². The van der Waals surface area contributed by atoms with Crippen molar-refractivity contribution in [2.24, 2.45) is 0 Å². The van der Waals surface area contributed by atoms with Gasteiger partial charge in [0.05, 0.1) is 0 Å². The summed E-state index contributed by atoms with van der Waals surface area (Å²) < 4.78 is 0. The van der Waals surface area contributed by atoms with Crippen LogP contribution >= 0.6 is 0 Å². The molecule has 4 rings (SSSR count). The van der Waals surface area contributed by atoms with Crippen molar-refractivity contribution in [3.63, 3.8) is 0 Å². The Morgan fingerprint density at radius 3 is 2.57 bits per heavy atom. The summed E-state index contributed by atoms with van der Waals surface area (Å²) in [6.07, 6.45) is 1.08. The molecule has 0 aromatic heterocycles. The lowest BCUT2D eigenvalue weighted by molar-refractivity contribution is 0.267. The second-order valence-electron chi connectivity index (χ2n) is 6.02. The van der Waals surface area contributed by atoms with Crippen LogP contribution in [0.1, 0.15) is 22.7 Å². The zero-order valence-electron chi connectivity index (χ0n) is 12.3. The molecular formula is C20H19N. The Kier molecular flexibility index (Phi) is 3.01. The smallest absolute Gasteiger partial charge is 0.0392 e. The first-order chi connectivity index (χ1) is 10.3. The third-order valence-electron chi connectivity index (χ3n) is 4.61. The minimum absolute atomic E-state index is 0.502. The van der Waals surface area contributed by atoms with Crippen LogP contribution in [0.15, 0.2) is 66.7 Å². The zero-order chi connectivity index (χ0) is 14.2. The molecule has 0 saturated carbocycles. The molecule has 0 N–H and O–H groups in total. The molecule has 1 heterocycles. The van der Waals surface area contributed by atoms with E-state index in [9.17, 15) is 0 Å². The zero-order valence-corrected chi connectivity index (χ0v) is 12.3. The van der Waals surface area contributed by atoms with E-state index in [1.165, 1.54) is 27.5 Å². The van der Waals surface area contributed by atoms with Gasteiger partial charge < -0.3 is 0 Å². The molecule has 1 nitrogen and oxygen atoms in total. The van der Waals surface area contributed by atoms with Crippen molar-refractivity contribution in [3.8, 4) is 0 Å². The molecule has 3 aromatic rings.